The molecule has 0 radical (unpaired) electrons. The summed E-state index contributed by atoms with van der Waals surface area (Å²) in [5.74, 6) is 0. The molecule has 100 valence electrons. The Morgan fingerprint density at radius 2 is 1.81 bits per heavy atom. The summed E-state index contributed by atoms with van der Waals surface area (Å²) in [6.45, 7) is 4.30. The molecule has 1 aliphatic carbocycles. The molecule has 0 spiro atoms. The van der Waals surface area contributed by atoms with E-state index in [1.54, 1.807) is 0 Å². The van der Waals surface area contributed by atoms with Crippen LogP contribution < -0.4 is 0 Å². The minimum Gasteiger partial charge on any atom is -0.287 e. The third-order valence-electron chi connectivity index (χ3n) is 4.06. The molecule has 0 aliphatic heterocycles. The number of aliphatic imine (C=N–C) groups is 1. The summed E-state index contributed by atoms with van der Waals surface area (Å²) in [4.78, 5) is 9.03. The van der Waals surface area contributed by atoms with Crippen LogP contribution in [0.2, 0.25) is 0 Å². The molecule has 0 saturated carbocycles. The van der Waals surface area contributed by atoms with Gasteiger partial charge in [-0.05, 0) is 22.9 Å². The normalized spacial score (nSPS) is 15.1. The molecule has 2 heteroatoms. The monoisotopic (exact) mass is 270 g/mol. The minimum absolute atomic E-state index is 0.932. The molecule has 3 aromatic rings. The zero-order valence-electron chi connectivity index (χ0n) is 11.8. The highest BCUT2D eigenvalue weighted by Gasteiger charge is 2.26. The third-order valence-corrected chi connectivity index (χ3v) is 4.06. The van der Waals surface area contributed by atoms with Crippen molar-refractivity contribution in [3.05, 3.63) is 72.4 Å². The van der Waals surface area contributed by atoms with Crippen LogP contribution in [0.5, 0.6) is 0 Å². The molecule has 0 fully saturated rings. The van der Waals surface area contributed by atoms with Crippen LogP contribution in [0.4, 0.5) is 0 Å². The van der Waals surface area contributed by atoms with E-state index in [-0.39, 0.29) is 0 Å². The average molecular weight is 270 g/mol. The molecule has 2 nitrogen and oxygen atoms in total. The predicted molar refractivity (Wildman–Crippen MR) is 88.7 cm³/mol. The summed E-state index contributed by atoms with van der Waals surface area (Å²) < 4.78 is 0. The Morgan fingerprint density at radius 1 is 0.952 bits per heavy atom. The topological polar surface area (TPSA) is 25.2 Å². The van der Waals surface area contributed by atoms with E-state index in [1.165, 1.54) is 10.8 Å². The maximum atomic E-state index is 4.58. The van der Waals surface area contributed by atoms with Gasteiger partial charge in [-0.25, -0.2) is 0 Å². The highest BCUT2D eigenvalue weighted by Crippen LogP contribution is 2.41. The molecule has 21 heavy (non-hydrogen) atoms. The Morgan fingerprint density at radius 3 is 2.67 bits per heavy atom. The molecule has 0 unspecified atom stereocenters. The van der Waals surface area contributed by atoms with Gasteiger partial charge in [-0.15, -0.1) is 0 Å². The third kappa shape index (κ3) is 1.59. The van der Waals surface area contributed by atoms with Crippen molar-refractivity contribution in [2.45, 2.75) is 0 Å². The molecule has 1 heterocycles. The Balaban J connectivity index is 2.19. The number of rotatable bonds is 0. The van der Waals surface area contributed by atoms with Crippen LogP contribution in [-0.2, 0) is 0 Å². The summed E-state index contributed by atoms with van der Waals surface area (Å²) in [5.41, 5.74) is 6.26. The molecule has 1 aliphatic rings. The second kappa shape index (κ2) is 4.38. The number of fused-ring (bicyclic) bond motifs is 5. The molecule has 0 N–H and O–H groups in total. The number of aromatic nitrogens is 1. The van der Waals surface area contributed by atoms with Gasteiger partial charge in [0.1, 0.15) is 0 Å². The molecule has 2 aromatic carbocycles. The Kier molecular flexibility index (Phi) is 2.51. The van der Waals surface area contributed by atoms with Crippen LogP contribution in [0, 0.1) is 0 Å². The summed E-state index contributed by atoms with van der Waals surface area (Å²) in [6, 6.07) is 16.7. The van der Waals surface area contributed by atoms with Gasteiger partial charge in [0.25, 0.3) is 0 Å². The van der Waals surface area contributed by atoms with Gasteiger partial charge >= 0.3 is 0 Å². The fourth-order valence-electron chi connectivity index (χ4n) is 3.14. The lowest BCUT2D eigenvalue weighted by Crippen LogP contribution is -2.13. The SMILES string of the molecule is C=C1C(=NC)c2cccnc2-c2ccc3ccccc3c21. The Bertz CT molecular complexity index is 920. The quantitative estimate of drug-likeness (QED) is 0.596. The highest BCUT2D eigenvalue weighted by molar-refractivity contribution is 6.38. The van der Waals surface area contributed by atoms with E-state index in [0.717, 1.165) is 33.7 Å². The second-order valence-electron chi connectivity index (χ2n) is 5.16. The van der Waals surface area contributed by atoms with Gasteiger partial charge in [-0.2, -0.15) is 0 Å². The average Bonchev–Trinajstić information content (AvgIpc) is 2.54. The number of hydrogen-bond donors (Lipinski definition) is 0. The lowest BCUT2D eigenvalue weighted by molar-refractivity contribution is 1.30. The second-order valence-corrected chi connectivity index (χ2v) is 5.16. The zero-order valence-corrected chi connectivity index (χ0v) is 11.8. The van der Waals surface area contributed by atoms with Crippen molar-refractivity contribution < 1.29 is 0 Å². The van der Waals surface area contributed by atoms with E-state index < -0.39 is 0 Å². The smallest absolute Gasteiger partial charge is 0.0802 e. The number of allylic oxidation sites excluding steroid dienone is 1. The molecule has 0 bridgehead atoms. The van der Waals surface area contributed by atoms with Crippen LogP contribution in [0.15, 0.2) is 66.3 Å². The summed E-state index contributed by atoms with van der Waals surface area (Å²) >= 11 is 0. The van der Waals surface area contributed by atoms with E-state index in [9.17, 15) is 0 Å². The highest BCUT2D eigenvalue weighted by atomic mass is 14.7. The van der Waals surface area contributed by atoms with Gasteiger partial charge in [-0.3, -0.25) is 9.98 Å². The van der Waals surface area contributed by atoms with Gasteiger partial charge in [-0.1, -0.05) is 43.0 Å². The van der Waals surface area contributed by atoms with E-state index in [0.29, 0.717) is 0 Å². The Labute approximate surface area is 123 Å². The lowest BCUT2D eigenvalue weighted by atomic mass is 9.81. The Hall–Kier alpha value is -2.74. The zero-order chi connectivity index (χ0) is 14.4. The molecule has 0 amide bonds. The van der Waals surface area contributed by atoms with Gasteiger partial charge < -0.3 is 0 Å². The maximum absolute atomic E-state index is 4.58. The van der Waals surface area contributed by atoms with Crippen molar-refractivity contribution in [2.75, 3.05) is 7.05 Å². The lowest BCUT2D eigenvalue weighted by Gasteiger charge is -2.24. The molecular formula is C19H14N2. The largest absolute Gasteiger partial charge is 0.287 e. The molecular weight excluding hydrogens is 256 g/mol. The van der Waals surface area contributed by atoms with Gasteiger partial charge in [0.2, 0.25) is 0 Å². The standard InChI is InChI=1S/C19H14N2/c1-12-17-14-7-4-3-6-13(14)9-10-15(17)19-16(18(12)20-2)8-5-11-21-19/h3-11H,1H2,2H3. The van der Waals surface area contributed by atoms with Crippen molar-refractivity contribution in [1.29, 1.82) is 0 Å². The van der Waals surface area contributed by atoms with Crippen molar-refractivity contribution in [2.24, 2.45) is 4.99 Å². The van der Waals surface area contributed by atoms with E-state index in [1.807, 2.05) is 19.3 Å². The van der Waals surface area contributed by atoms with Gasteiger partial charge in [0.05, 0.1) is 11.4 Å². The van der Waals surface area contributed by atoms with Crippen molar-refractivity contribution in [3.8, 4) is 11.3 Å². The molecule has 0 saturated heterocycles. The van der Waals surface area contributed by atoms with E-state index in [4.69, 9.17) is 0 Å². The van der Waals surface area contributed by atoms with Gasteiger partial charge in [0.15, 0.2) is 0 Å². The first-order valence-corrected chi connectivity index (χ1v) is 6.95. The van der Waals surface area contributed by atoms with E-state index in [2.05, 4.69) is 59.0 Å². The summed E-state index contributed by atoms with van der Waals surface area (Å²) in [6.07, 6.45) is 1.83. The van der Waals surface area contributed by atoms with Crippen LogP contribution >= 0.6 is 0 Å². The fourth-order valence-corrected chi connectivity index (χ4v) is 3.14. The van der Waals surface area contributed by atoms with Gasteiger partial charge in [0, 0.05) is 35.5 Å². The predicted octanol–water partition coefficient (Wildman–Crippen LogP) is 4.35. The van der Waals surface area contributed by atoms with Crippen LogP contribution in [0.25, 0.3) is 27.6 Å². The van der Waals surface area contributed by atoms with E-state index >= 15 is 0 Å². The number of benzene rings is 2. The summed E-state index contributed by atoms with van der Waals surface area (Å²) in [7, 11) is 1.81. The maximum Gasteiger partial charge on any atom is 0.0802 e. The first-order valence-electron chi connectivity index (χ1n) is 6.95. The molecule has 1 aromatic heterocycles. The number of nitrogens with zero attached hydrogens (tertiary/aromatic N) is 2. The molecule has 4 rings (SSSR count). The summed E-state index contributed by atoms with van der Waals surface area (Å²) in [5, 5.41) is 2.42. The first-order chi connectivity index (χ1) is 10.3. The number of hydrogen-bond acceptors (Lipinski definition) is 2. The van der Waals surface area contributed by atoms with Crippen LogP contribution in [0.3, 0.4) is 0 Å². The fraction of sp³-hybridized carbons (Fsp3) is 0.0526. The molecule has 0 atom stereocenters. The number of pyridine rings is 1. The minimum atomic E-state index is 0.932. The van der Waals surface area contributed by atoms with Crippen LogP contribution in [0.1, 0.15) is 11.1 Å². The van der Waals surface area contributed by atoms with Crippen molar-refractivity contribution in [1.82, 2.24) is 4.98 Å². The van der Waals surface area contributed by atoms with Crippen molar-refractivity contribution in [3.63, 3.8) is 0 Å². The first kappa shape index (κ1) is 12.0. The van der Waals surface area contributed by atoms with Crippen molar-refractivity contribution >= 4 is 22.1 Å². The van der Waals surface area contributed by atoms with Crippen LogP contribution in [-0.4, -0.2) is 17.7 Å².